The Labute approximate surface area is 212 Å². The lowest BCUT2D eigenvalue weighted by Gasteiger charge is -2.26. The number of H-pyrrole nitrogens is 1. The number of carboxylic acids is 1. The van der Waals surface area contributed by atoms with E-state index in [1.807, 2.05) is 27.7 Å². The number of nitrogens with two attached hydrogens (primary N) is 2. The van der Waals surface area contributed by atoms with Crippen molar-refractivity contribution < 1.29 is 24.3 Å². The predicted octanol–water partition coefficient (Wildman–Crippen LogP) is 0.0397. The Balaban J connectivity index is 2.94. The average Bonchev–Trinajstić information content (AvgIpc) is 3.29. The van der Waals surface area contributed by atoms with Crippen LogP contribution in [0.2, 0.25) is 0 Å². The Morgan fingerprint density at radius 1 is 0.917 bits per heavy atom. The summed E-state index contributed by atoms with van der Waals surface area (Å²) in [7, 11) is 0. The molecule has 1 heterocycles. The van der Waals surface area contributed by atoms with Gasteiger partial charge in [0.05, 0.1) is 12.4 Å². The topological polar surface area (TPSA) is 205 Å². The number of nitrogens with one attached hydrogen (secondary N) is 4. The Morgan fingerprint density at radius 3 is 2.00 bits per heavy atom. The van der Waals surface area contributed by atoms with E-state index in [-0.39, 0.29) is 31.1 Å². The normalized spacial score (nSPS) is 14.7. The molecule has 0 aromatic carbocycles. The summed E-state index contributed by atoms with van der Waals surface area (Å²) in [4.78, 5) is 57.3. The van der Waals surface area contributed by atoms with Gasteiger partial charge in [-0.05, 0) is 50.5 Å². The summed E-state index contributed by atoms with van der Waals surface area (Å²) in [6.45, 7) is 7.96. The number of nitrogens with zero attached hydrogens (tertiary/aromatic N) is 1. The molecule has 12 nitrogen and oxygen atoms in total. The van der Waals surface area contributed by atoms with E-state index in [9.17, 15) is 24.3 Å². The number of amides is 3. The fraction of sp³-hybridized carbons (Fsp3) is 0.708. The monoisotopic (exact) mass is 509 g/mol. The summed E-state index contributed by atoms with van der Waals surface area (Å²) in [5.41, 5.74) is 12.3. The number of hydrogen-bond acceptors (Lipinski definition) is 7. The van der Waals surface area contributed by atoms with Crippen molar-refractivity contribution in [3.63, 3.8) is 0 Å². The van der Waals surface area contributed by atoms with E-state index in [4.69, 9.17) is 11.5 Å². The molecule has 4 atom stereocenters. The maximum absolute atomic E-state index is 13.2. The van der Waals surface area contributed by atoms with Crippen molar-refractivity contribution in [1.82, 2.24) is 25.9 Å². The van der Waals surface area contributed by atoms with E-state index >= 15 is 0 Å². The van der Waals surface area contributed by atoms with Crippen molar-refractivity contribution in [1.29, 1.82) is 0 Å². The van der Waals surface area contributed by atoms with Crippen molar-refractivity contribution in [3.8, 4) is 0 Å². The van der Waals surface area contributed by atoms with Crippen molar-refractivity contribution in [2.24, 2.45) is 23.3 Å². The SMILES string of the molecule is CC(C)CC(NC(=O)C(CCCCN)NC(=O)C(CC(C)C)NC(=O)C(N)Cc1cnc[nH]1)C(=O)O. The van der Waals surface area contributed by atoms with Gasteiger partial charge < -0.3 is 37.5 Å². The van der Waals surface area contributed by atoms with Gasteiger partial charge in [0.15, 0.2) is 0 Å². The largest absolute Gasteiger partial charge is 0.480 e. The minimum Gasteiger partial charge on any atom is -0.480 e. The smallest absolute Gasteiger partial charge is 0.326 e. The molecule has 9 N–H and O–H groups in total. The number of aliphatic carboxylic acids is 1. The van der Waals surface area contributed by atoms with Gasteiger partial charge in [0, 0.05) is 18.3 Å². The molecule has 0 spiro atoms. The van der Waals surface area contributed by atoms with Crippen LogP contribution in [0.1, 0.15) is 65.5 Å². The first-order chi connectivity index (χ1) is 16.9. The summed E-state index contributed by atoms with van der Waals surface area (Å²) < 4.78 is 0. The van der Waals surface area contributed by atoms with Crippen LogP contribution >= 0.6 is 0 Å². The maximum atomic E-state index is 13.2. The lowest BCUT2D eigenvalue weighted by molar-refractivity contribution is -0.142. The van der Waals surface area contributed by atoms with Gasteiger partial charge >= 0.3 is 5.97 Å². The Hall–Kier alpha value is -2.99. The van der Waals surface area contributed by atoms with Crippen LogP contribution in [-0.2, 0) is 25.6 Å². The molecule has 0 saturated carbocycles. The molecule has 0 saturated heterocycles. The van der Waals surface area contributed by atoms with Gasteiger partial charge in [0.1, 0.15) is 18.1 Å². The number of carboxylic acid groups (broad SMARTS) is 1. The van der Waals surface area contributed by atoms with Crippen LogP contribution in [0, 0.1) is 11.8 Å². The maximum Gasteiger partial charge on any atom is 0.326 e. The third-order valence-electron chi connectivity index (χ3n) is 5.57. The molecule has 0 radical (unpaired) electrons. The number of aromatic amines is 1. The first-order valence-electron chi connectivity index (χ1n) is 12.5. The molecule has 12 heteroatoms. The first kappa shape index (κ1) is 31.0. The second-order valence-electron chi connectivity index (χ2n) is 9.95. The van der Waals surface area contributed by atoms with Crippen molar-refractivity contribution >= 4 is 23.7 Å². The zero-order valence-electron chi connectivity index (χ0n) is 21.8. The standard InChI is InChI=1S/C24H43N7O5/c1-14(2)9-19(30-21(32)17(26)11-16-12-27-13-28-16)23(34)29-18(7-5-6-8-25)22(33)31-20(24(35)36)10-15(3)4/h12-15,17-20H,5-11,25-26H2,1-4H3,(H,27,28)(H,29,34)(H,30,32)(H,31,33)(H,35,36). The number of hydrogen-bond donors (Lipinski definition) is 7. The first-order valence-corrected chi connectivity index (χ1v) is 12.5. The van der Waals surface area contributed by atoms with E-state index in [1.165, 1.54) is 6.33 Å². The number of imidazole rings is 1. The van der Waals surface area contributed by atoms with Crippen molar-refractivity contribution in [2.75, 3.05) is 6.54 Å². The zero-order valence-corrected chi connectivity index (χ0v) is 21.8. The molecule has 0 fully saturated rings. The minimum absolute atomic E-state index is 0.0493. The molecular formula is C24H43N7O5. The van der Waals surface area contributed by atoms with Crippen LogP contribution < -0.4 is 27.4 Å². The summed E-state index contributed by atoms with van der Waals surface area (Å²) in [5.74, 6) is -2.64. The molecule has 1 rings (SSSR count). The average molecular weight is 510 g/mol. The minimum atomic E-state index is -1.14. The van der Waals surface area contributed by atoms with E-state index in [0.29, 0.717) is 31.5 Å². The molecule has 1 aromatic heterocycles. The van der Waals surface area contributed by atoms with Crippen LogP contribution in [0.15, 0.2) is 12.5 Å². The molecule has 36 heavy (non-hydrogen) atoms. The molecule has 0 aliphatic heterocycles. The highest BCUT2D eigenvalue weighted by Crippen LogP contribution is 2.10. The number of carbonyl (C=O) groups excluding carboxylic acids is 3. The molecular weight excluding hydrogens is 466 g/mol. The Bertz CT molecular complexity index is 829. The number of unbranched alkanes of at least 4 members (excludes halogenated alkanes) is 1. The highest BCUT2D eigenvalue weighted by Gasteiger charge is 2.30. The fourth-order valence-electron chi connectivity index (χ4n) is 3.71. The Kier molecular flexibility index (Phi) is 13.7. The third-order valence-corrected chi connectivity index (χ3v) is 5.57. The quantitative estimate of drug-likeness (QED) is 0.142. The van der Waals surface area contributed by atoms with Gasteiger partial charge in [-0.2, -0.15) is 0 Å². The molecule has 204 valence electrons. The van der Waals surface area contributed by atoms with Gasteiger partial charge in [-0.25, -0.2) is 9.78 Å². The highest BCUT2D eigenvalue weighted by atomic mass is 16.4. The molecule has 0 aliphatic carbocycles. The van der Waals surface area contributed by atoms with Gasteiger partial charge in [0.2, 0.25) is 17.7 Å². The zero-order chi connectivity index (χ0) is 27.3. The van der Waals surface area contributed by atoms with Crippen molar-refractivity contribution in [2.45, 2.75) is 90.4 Å². The molecule has 3 amide bonds. The van der Waals surface area contributed by atoms with Crippen LogP contribution in [-0.4, -0.2) is 69.5 Å². The Morgan fingerprint density at radius 2 is 1.47 bits per heavy atom. The second-order valence-corrected chi connectivity index (χ2v) is 9.95. The van der Waals surface area contributed by atoms with Crippen LogP contribution in [0.5, 0.6) is 0 Å². The van der Waals surface area contributed by atoms with E-state index in [0.717, 1.165) is 0 Å². The van der Waals surface area contributed by atoms with Crippen molar-refractivity contribution in [3.05, 3.63) is 18.2 Å². The second kappa shape index (κ2) is 15.9. The van der Waals surface area contributed by atoms with Gasteiger partial charge in [-0.15, -0.1) is 0 Å². The van der Waals surface area contributed by atoms with Crippen LogP contribution in [0.4, 0.5) is 0 Å². The predicted molar refractivity (Wildman–Crippen MR) is 136 cm³/mol. The molecule has 1 aromatic rings. The number of carbonyl (C=O) groups is 4. The van der Waals surface area contributed by atoms with E-state index in [2.05, 4.69) is 25.9 Å². The number of aromatic nitrogens is 2. The molecule has 0 aliphatic rings. The number of rotatable bonds is 17. The van der Waals surface area contributed by atoms with E-state index < -0.39 is 47.9 Å². The summed E-state index contributed by atoms with van der Waals surface area (Å²) in [5, 5.41) is 17.5. The summed E-state index contributed by atoms with van der Waals surface area (Å²) in [6.07, 6.45) is 5.35. The highest BCUT2D eigenvalue weighted by molar-refractivity contribution is 5.94. The van der Waals surface area contributed by atoms with Gasteiger partial charge in [0.25, 0.3) is 0 Å². The van der Waals surface area contributed by atoms with Crippen LogP contribution in [0.25, 0.3) is 0 Å². The fourth-order valence-corrected chi connectivity index (χ4v) is 3.71. The third kappa shape index (κ3) is 11.6. The van der Waals surface area contributed by atoms with Crippen LogP contribution in [0.3, 0.4) is 0 Å². The summed E-state index contributed by atoms with van der Waals surface area (Å²) >= 11 is 0. The summed E-state index contributed by atoms with van der Waals surface area (Å²) in [6, 6.07) is -3.86. The molecule has 0 bridgehead atoms. The lowest BCUT2D eigenvalue weighted by Crippen LogP contribution is -2.57. The lowest BCUT2D eigenvalue weighted by atomic mass is 10.0. The van der Waals surface area contributed by atoms with Gasteiger partial charge in [-0.1, -0.05) is 27.7 Å². The van der Waals surface area contributed by atoms with E-state index in [1.54, 1.807) is 6.20 Å². The molecule has 4 unspecified atom stereocenters. The van der Waals surface area contributed by atoms with Gasteiger partial charge in [-0.3, -0.25) is 14.4 Å².